The highest BCUT2D eigenvalue weighted by atomic mass is 16.5. The van der Waals surface area contributed by atoms with Crippen molar-refractivity contribution in [1.29, 1.82) is 0 Å². The molecule has 0 saturated carbocycles. The molecule has 0 spiro atoms. The second-order valence-corrected chi connectivity index (χ2v) is 8.24. The van der Waals surface area contributed by atoms with Gasteiger partial charge in [0.15, 0.2) is 0 Å². The van der Waals surface area contributed by atoms with E-state index in [0.29, 0.717) is 13.1 Å². The van der Waals surface area contributed by atoms with Crippen LogP contribution in [-0.4, -0.2) is 34.0 Å². The molecule has 164 valence electrons. The number of amides is 2. The van der Waals surface area contributed by atoms with Crippen LogP contribution in [-0.2, 0) is 0 Å². The number of ether oxygens (including phenoxy) is 1. The number of aromatic nitrogens is 2. The van der Waals surface area contributed by atoms with Gasteiger partial charge in [0, 0.05) is 24.5 Å². The Bertz CT molecular complexity index is 1110. The van der Waals surface area contributed by atoms with Gasteiger partial charge in [0.25, 0.3) is 0 Å². The number of pyridine rings is 2. The van der Waals surface area contributed by atoms with Crippen LogP contribution < -0.4 is 10.1 Å². The molecule has 1 aromatic carbocycles. The van der Waals surface area contributed by atoms with E-state index in [4.69, 9.17) is 4.74 Å². The Morgan fingerprint density at radius 2 is 1.84 bits per heavy atom. The lowest BCUT2D eigenvalue weighted by atomic mass is 9.91. The van der Waals surface area contributed by atoms with Gasteiger partial charge in [0.2, 0.25) is 0 Å². The number of benzene rings is 1. The molecule has 3 heterocycles. The van der Waals surface area contributed by atoms with Crippen molar-refractivity contribution in [1.82, 2.24) is 14.9 Å². The van der Waals surface area contributed by atoms with E-state index in [1.807, 2.05) is 61.2 Å². The fourth-order valence-corrected chi connectivity index (χ4v) is 3.73. The summed E-state index contributed by atoms with van der Waals surface area (Å²) in [5.41, 5.74) is 5.03. The monoisotopic (exact) mass is 428 g/mol. The molecule has 2 aromatic heterocycles. The molecule has 0 aliphatic carbocycles. The number of carbonyl (C=O) groups is 1. The quantitative estimate of drug-likeness (QED) is 0.567. The summed E-state index contributed by atoms with van der Waals surface area (Å²) >= 11 is 0. The van der Waals surface area contributed by atoms with E-state index >= 15 is 0 Å². The summed E-state index contributed by atoms with van der Waals surface area (Å²) < 4.78 is 5.94. The average Bonchev–Trinajstić information content (AvgIpc) is 2.78. The lowest BCUT2D eigenvalue weighted by Crippen LogP contribution is -2.42. The molecule has 1 aliphatic heterocycles. The lowest BCUT2D eigenvalue weighted by molar-refractivity contribution is 0.198. The van der Waals surface area contributed by atoms with Gasteiger partial charge in [-0.15, -0.1) is 0 Å². The molecule has 1 saturated heterocycles. The predicted molar refractivity (Wildman–Crippen MR) is 127 cm³/mol. The number of rotatable bonds is 4. The smallest absolute Gasteiger partial charge is 0.321 e. The third-order valence-electron chi connectivity index (χ3n) is 5.58. The van der Waals surface area contributed by atoms with E-state index in [1.54, 1.807) is 12.4 Å². The van der Waals surface area contributed by atoms with Gasteiger partial charge < -0.3 is 15.0 Å². The van der Waals surface area contributed by atoms with Crippen molar-refractivity contribution in [2.75, 3.05) is 18.4 Å². The molecular formula is C26H28N4O2. The van der Waals surface area contributed by atoms with Crippen molar-refractivity contribution < 1.29 is 9.53 Å². The molecule has 4 rings (SSSR count). The van der Waals surface area contributed by atoms with Crippen LogP contribution in [0.1, 0.15) is 30.3 Å². The number of anilines is 1. The Labute approximate surface area is 189 Å². The molecule has 0 radical (unpaired) electrons. The summed E-state index contributed by atoms with van der Waals surface area (Å²) in [6, 6.07) is 15.6. The van der Waals surface area contributed by atoms with E-state index in [2.05, 4.69) is 34.4 Å². The Balaban J connectivity index is 1.38. The van der Waals surface area contributed by atoms with Crippen molar-refractivity contribution in [3.63, 3.8) is 0 Å². The number of hydrogen-bond acceptors (Lipinski definition) is 4. The van der Waals surface area contributed by atoms with Crippen LogP contribution in [0.2, 0.25) is 0 Å². The number of carbonyl (C=O) groups excluding carboxylic acids is 1. The maximum Gasteiger partial charge on any atom is 0.321 e. The van der Waals surface area contributed by atoms with E-state index in [9.17, 15) is 4.79 Å². The lowest BCUT2D eigenvalue weighted by Gasteiger charge is -2.33. The van der Waals surface area contributed by atoms with Crippen LogP contribution in [0.15, 0.2) is 66.5 Å². The normalized spacial score (nSPS) is 17.3. The molecule has 32 heavy (non-hydrogen) atoms. The van der Waals surface area contributed by atoms with Crippen molar-refractivity contribution >= 4 is 17.8 Å². The fourth-order valence-electron chi connectivity index (χ4n) is 3.73. The molecule has 6 nitrogen and oxygen atoms in total. The van der Waals surface area contributed by atoms with Crippen molar-refractivity contribution in [3.8, 4) is 11.5 Å². The summed E-state index contributed by atoms with van der Waals surface area (Å²) in [4.78, 5) is 23.0. The molecule has 2 amide bonds. The van der Waals surface area contributed by atoms with E-state index in [1.165, 1.54) is 5.57 Å². The van der Waals surface area contributed by atoms with Gasteiger partial charge in [-0.1, -0.05) is 30.7 Å². The summed E-state index contributed by atoms with van der Waals surface area (Å²) in [6.07, 6.45) is 6.47. The zero-order chi connectivity index (χ0) is 22.5. The first-order chi connectivity index (χ1) is 15.5. The Kier molecular flexibility index (Phi) is 6.50. The molecule has 6 heteroatoms. The minimum Gasteiger partial charge on any atom is -0.456 e. The number of nitrogens with zero attached hydrogens (tertiary/aromatic N) is 3. The second kappa shape index (κ2) is 9.64. The molecule has 3 aromatic rings. The highest BCUT2D eigenvalue weighted by molar-refractivity contribution is 5.89. The third-order valence-corrected chi connectivity index (χ3v) is 5.58. The van der Waals surface area contributed by atoms with Gasteiger partial charge >= 0.3 is 6.03 Å². The molecule has 0 bridgehead atoms. The zero-order valence-corrected chi connectivity index (χ0v) is 18.7. The summed E-state index contributed by atoms with van der Waals surface area (Å²) in [5.74, 6) is 1.77. The van der Waals surface area contributed by atoms with Gasteiger partial charge in [0.1, 0.15) is 11.5 Å². The number of nitrogens with one attached hydrogen (secondary N) is 1. The summed E-state index contributed by atoms with van der Waals surface area (Å²) in [6.45, 7) is 7.41. The Morgan fingerprint density at radius 1 is 1.06 bits per heavy atom. The average molecular weight is 429 g/mol. The molecule has 1 unspecified atom stereocenters. The maximum atomic E-state index is 12.6. The first kappa shape index (κ1) is 21.6. The largest absolute Gasteiger partial charge is 0.456 e. The van der Waals surface area contributed by atoms with Crippen LogP contribution in [0.25, 0.3) is 6.08 Å². The summed E-state index contributed by atoms with van der Waals surface area (Å²) in [7, 11) is 0. The van der Waals surface area contributed by atoms with Gasteiger partial charge in [-0.05, 0) is 68.1 Å². The van der Waals surface area contributed by atoms with E-state index in [0.717, 1.165) is 40.6 Å². The zero-order valence-electron chi connectivity index (χ0n) is 18.7. The topological polar surface area (TPSA) is 67.4 Å². The number of likely N-dealkylation sites (tertiary alicyclic amines) is 1. The number of urea groups is 1. The first-order valence-electron chi connectivity index (χ1n) is 10.9. The van der Waals surface area contributed by atoms with Crippen LogP contribution in [0.5, 0.6) is 11.5 Å². The van der Waals surface area contributed by atoms with Crippen LogP contribution in [0, 0.1) is 19.8 Å². The van der Waals surface area contributed by atoms with Crippen LogP contribution in [0.4, 0.5) is 10.5 Å². The number of piperidine rings is 1. The van der Waals surface area contributed by atoms with Crippen molar-refractivity contribution in [2.45, 2.75) is 27.2 Å². The summed E-state index contributed by atoms with van der Waals surface area (Å²) in [5, 5.41) is 2.94. The Morgan fingerprint density at radius 3 is 2.53 bits per heavy atom. The molecule has 1 N–H and O–H groups in total. The number of hydrogen-bond donors (Lipinski definition) is 1. The van der Waals surface area contributed by atoms with E-state index in [-0.39, 0.29) is 11.9 Å². The highest BCUT2D eigenvalue weighted by Crippen LogP contribution is 2.28. The molecule has 1 fully saturated rings. The minimum atomic E-state index is -0.0799. The van der Waals surface area contributed by atoms with Gasteiger partial charge in [-0.2, -0.15) is 0 Å². The van der Waals surface area contributed by atoms with Gasteiger partial charge in [-0.25, -0.2) is 4.79 Å². The SMILES string of the molecule is Cc1ccc(NC(=O)N2CC/C(=C\c3cccc(Oc4ccc(C)nc4)c3)C(C)C2)cn1. The van der Waals surface area contributed by atoms with Crippen LogP contribution >= 0.6 is 0 Å². The fraction of sp³-hybridized carbons (Fsp3) is 0.269. The predicted octanol–water partition coefficient (Wildman–Crippen LogP) is 5.84. The van der Waals surface area contributed by atoms with Gasteiger partial charge in [0.05, 0.1) is 18.1 Å². The van der Waals surface area contributed by atoms with E-state index < -0.39 is 0 Å². The van der Waals surface area contributed by atoms with Gasteiger partial charge in [-0.3, -0.25) is 9.97 Å². The maximum absolute atomic E-state index is 12.6. The number of aryl methyl sites for hydroxylation is 2. The van der Waals surface area contributed by atoms with Crippen molar-refractivity contribution in [3.05, 3.63) is 83.4 Å². The Hall–Kier alpha value is -3.67. The third kappa shape index (κ3) is 5.52. The van der Waals surface area contributed by atoms with Crippen LogP contribution in [0.3, 0.4) is 0 Å². The van der Waals surface area contributed by atoms with Crippen molar-refractivity contribution in [2.24, 2.45) is 5.92 Å². The minimum absolute atomic E-state index is 0.0799. The first-order valence-corrected chi connectivity index (χ1v) is 10.9. The highest BCUT2D eigenvalue weighted by Gasteiger charge is 2.24. The molecule has 1 atom stereocenters. The molecule has 1 aliphatic rings. The molecular weight excluding hydrogens is 400 g/mol. The standard InChI is InChI=1S/C26H28N4O2/c1-18-17-30(26(31)29-23-9-7-19(2)27-15-23)12-11-22(18)13-21-5-4-6-24(14-21)32-25-10-8-20(3)28-16-25/h4-10,13-16,18H,11-12,17H2,1-3H3,(H,29,31)/b22-13+. The second-order valence-electron chi connectivity index (χ2n) is 8.24.